The van der Waals surface area contributed by atoms with Crippen LogP contribution in [0.25, 0.3) is 0 Å². The van der Waals surface area contributed by atoms with Crippen molar-refractivity contribution in [3.8, 4) is 0 Å². The molecule has 0 aliphatic carbocycles. The first-order valence-corrected chi connectivity index (χ1v) is 5.97. The van der Waals surface area contributed by atoms with Crippen molar-refractivity contribution in [1.82, 2.24) is 9.80 Å². The van der Waals surface area contributed by atoms with Gasteiger partial charge in [0.05, 0.1) is 26.2 Å². The van der Waals surface area contributed by atoms with Crippen LogP contribution in [0.5, 0.6) is 0 Å². The zero-order chi connectivity index (χ0) is 16.4. The third-order valence-corrected chi connectivity index (χ3v) is 2.39. The topological polar surface area (TPSA) is 156 Å². The largest absolute Gasteiger partial charge is 0.480 e. The fraction of sp³-hybridized carbons (Fsp3) is 0.636. The van der Waals surface area contributed by atoms with E-state index in [0.29, 0.717) is 0 Å². The normalized spacial score (nSPS) is 10.8. The maximum Gasteiger partial charge on any atom is 0.317 e. The van der Waals surface area contributed by atoms with Gasteiger partial charge in [0, 0.05) is 13.1 Å². The smallest absolute Gasteiger partial charge is 0.317 e. The lowest BCUT2D eigenvalue weighted by Gasteiger charge is -2.24. The van der Waals surface area contributed by atoms with Gasteiger partial charge in [-0.25, -0.2) is 0 Å². The Morgan fingerprint density at radius 1 is 0.667 bits per heavy atom. The van der Waals surface area contributed by atoms with Crippen molar-refractivity contribution in [2.75, 3.05) is 45.9 Å². The lowest BCUT2D eigenvalue weighted by Crippen LogP contribution is -2.43. The van der Waals surface area contributed by atoms with Crippen LogP contribution in [0.15, 0.2) is 0 Å². The summed E-state index contributed by atoms with van der Waals surface area (Å²) in [5.41, 5.74) is 0. The van der Waals surface area contributed by atoms with Gasteiger partial charge in [-0.1, -0.05) is 0 Å². The van der Waals surface area contributed by atoms with Gasteiger partial charge >= 0.3 is 17.9 Å². The quantitative estimate of drug-likeness (QED) is 0.301. The number of aliphatic hydroxyl groups excluding tert-OH is 1. The number of Topliss-reactive ketones (excluding diaryl/α,β-unsaturated/α-hetero) is 1. The summed E-state index contributed by atoms with van der Waals surface area (Å²) in [6, 6.07) is 0. The van der Waals surface area contributed by atoms with Gasteiger partial charge in [0.1, 0.15) is 6.61 Å². The van der Waals surface area contributed by atoms with E-state index in [1.54, 1.807) is 0 Å². The van der Waals surface area contributed by atoms with Crippen LogP contribution < -0.4 is 0 Å². The van der Waals surface area contributed by atoms with E-state index in [4.69, 9.17) is 20.4 Å². The molecule has 4 N–H and O–H groups in total. The number of hydrogen-bond donors (Lipinski definition) is 4. The van der Waals surface area contributed by atoms with E-state index in [2.05, 4.69) is 0 Å². The fourth-order valence-corrected chi connectivity index (χ4v) is 1.58. The average Bonchev–Trinajstić information content (AvgIpc) is 2.33. The van der Waals surface area contributed by atoms with Gasteiger partial charge in [-0.05, 0) is 0 Å². The molecule has 0 heterocycles. The molecule has 0 aliphatic rings. The monoisotopic (exact) mass is 306 g/mol. The van der Waals surface area contributed by atoms with E-state index in [0.717, 1.165) is 4.90 Å². The first-order valence-electron chi connectivity index (χ1n) is 5.97. The number of aliphatic hydroxyl groups is 1. The van der Waals surface area contributed by atoms with E-state index in [9.17, 15) is 19.2 Å². The lowest BCUT2D eigenvalue weighted by atomic mass is 10.3. The van der Waals surface area contributed by atoms with Gasteiger partial charge in [-0.2, -0.15) is 0 Å². The summed E-state index contributed by atoms with van der Waals surface area (Å²) in [5.74, 6) is -4.21. The summed E-state index contributed by atoms with van der Waals surface area (Å²) in [5, 5.41) is 34.7. The molecule has 0 bridgehead atoms. The molecule has 0 radical (unpaired) electrons. The number of carbonyl (C=O) groups excluding carboxylic acids is 1. The van der Waals surface area contributed by atoms with E-state index in [1.807, 2.05) is 0 Å². The Balaban J connectivity index is 4.56. The molecule has 0 atom stereocenters. The van der Waals surface area contributed by atoms with Crippen LogP contribution in [0.2, 0.25) is 0 Å². The summed E-state index contributed by atoms with van der Waals surface area (Å²) in [4.78, 5) is 45.3. The molecule has 0 unspecified atom stereocenters. The Morgan fingerprint density at radius 2 is 1.00 bits per heavy atom. The first kappa shape index (κ1) is 19.0. The summed E-state index contributed by atoms with van der Waals surface area (Å²) in [6.07, 6.45) is 0. The number of carbonyl (C=O) groups is 4. The average molecular weight is 306 g/mol. The second kappa shape index (κ2) is 9.80. The molecule has 0 amide bonds. The molecule has 120 valence electrons. The molecular formula is C11H18N2O8. The van der Waals surface area contributed by atoms with Gasteiger partial charge in [0.25, 0.3) is 0 Å². The summed E-state index contributed by atoms with van der Waals surface area (Å²) in [6.45, 7) is -2.59. The number of hydrogen-bond acceptors (Lipinski definition) is 7. The molecule has 0 aromatic rings. The summed E-state index contributed by atoms with van der Waals surface area (Å²) in [7, 11) is 0. The Kier molecular flexibility index (Phi) is 8.85. The Morgan fingerprint density at radius 3 is 1.29 bits per heavy atom. The Hall–Kier alpha value is -2.04. The van der Waals surface area contributed by atoms with Crippen LogP contribution in [-0.4, -0.2) is 99.8 Å². The predicted molar refractivity (Wildman–Crippen MR) is 67.9 cm³/mol. The zero-order valence-electron chi connectivity index (χ0n) is 11.3. The minimum absolute atomic E-state index is 0.0153. The predicted octanol–water partition coefficient (Wildman–Crippen LogP) is -2.59. The van der Waals surface area contributed by atoms with Crippen molar-refractivity contribution in [3.63, 3.8) is 0 Å². The van der Waals surface area contributed by atoms with Crippen molar-refractivity contribution in [2.24, 2.45) is 0 Å². The highest BCUT2D eigenvalue weighted by Crippen LogP contribution is 1.94. The Bertz CT molecular complexity index is 382. The molecule has 0 spiro atoms. The third-order valence-electron chi connectivity index (χ3n) is 2.39. The van der Waals surface area contributed by atoms with Crippen molar-refractivity contribution in [3.05, 3.63) is 0 Å². The van der Waals surface area contributed by atoms with E-state index >= 15 is 0 Å². The molecule has 0 aliphatic heterocycles. The maximum atomic E-state index is 11.1. The standard InChI is InChI=1S/C11H18N2O8/c14-7-8(15)3-12(4-9(16)17)1-2-13(5-10(18)19)6-11(20)21/h14H,1-7H2,(H,16,17)(H,18,19)(H,20,21). The number of aliphatic carboxylic acids is 3. The molecule has 0 fully saturated rings. The van der Waals surface area contributed by atoms with Gasteiger partial charge in [-0.3, -0.25) is 29.0 Å². The zero-order valence-corrected chi connectivity index (χ0v) is 11.3. The van der Waals surface area contributed by atoms with Crippen LogP contribution >= 0.6 is 0 Å². The van der Waals surface area contributed by atoms with Gasteiger partial charge < -0.3 is 20.4 Å². The lowest BCUT2D eigenvalue weighted by molar-refractivity contribution is -0.143. The molecule has 21 heavy (non-hydrogen) atoms. The molecule has 0 rings (SSSR count). The highest BCUT2D eigenvalue weighted by molar-refractivity contribution is 5.82. The van der Waals surface area contributed by atoms with Gasteiger partial charge in [0.2, 0.25) is 0 Å². The minimum Gasteiger partial charge on any atom is -0.480 e. The van der Waals surface area contributed by atoms with Crippen LogP contribution in [0.3, 0.4) is 0 Å². The number of carboxylic acids is 3. The fourth-order valence-electron chi connectivity index (χ4n) is 1.58. The summed E-state index contributed by atoms with van der Waals surface area (Å²) < 4.78 is 0. The maximum absolute atomic E-state index is 11.1. The van der Waals surface area contributed by atoms with Crippen molar-refractivity contribution in [1.29, 1.82) is 0 Å². The molecule has 0 saturated heterocycles. The molecular weight excluding hydrogens is 288 g/mol. The van der Waals surface area contributed by atoms with Gasteiger partial charge in [0.15, 0.2) is 5.78 Å². The molecule has 0 aromatic carbocycles. The molecule has 10 nitrogen and oxygen atoms in total. The van der Waals surface area contributed by atoms with Gasteiger partial charge in [-0.15, -0.1) is 0 Å². The van der Waals surface area contributed by atoms with Crippen LogP contribution in [0.4, 0.5) is 0 Å². The van der Waals surface area contributed by atoms with Crippen LogP contribution in [0.1, 0.15) is 0 Å². The second-order valence-corrected chi connectivity index (χ2v) is 4.30. The second-order valence-electron chi connectivity index (χ2n) is 4.30. The van der Waals surface area contributed by atoms with E-state index in [1.165, 1.54) is 4.90 Å². The van der Waals surface area contributed by atoms with Crippen molar-refractivity contribution >= 4 is 23.7 Å². The summed E-state index contributed by atoms with van der Waals surface area (Å²) >= 11 is 0. The molecule has 10 heteroatoms. The highest BCUT2D eigenvalue weighted by atomic mass is 16.4. The SMILES string of the molecule is O=C(O)CN(CCN(CC(=O)O)CC(=O)CO)CC(=O)O. The molecule has 0 saturated carbocycles. The van der Waals surface area contributed by atoms with Crippen LogP contribution in [-0.2, 0) is 19.2 Å². The number of carboxylic acid groups (broad SMARTS) is 3. The Labute approximate surface area is 120 Å². The van der Waals surface area contributed by atoms with E-state index < -0.39 is 49.9 Å². The first-order chi connectivity index (χ1) is 9.74. The van der Waals surface area contributed by atoms with E-state index in [-0.39, 0.29) is 19.6 Å². The van der Waals surface area contributed by atoms with Crippen LogP contribution in [0, 0.1) is 0 Å². The number of rotatable bonds is 12. The number of ketones is 1. The van der Waals surface area contributed by atoms with Crippen molar-refractivity contribution in [2.45, 2.75) is 0 Å². The number of nitrogens with zero attached hydrogens (tertiary/aromatic N) is 2. The third kappa shape index (κ3) is 10.4. The van der Waals surface area contributed by atoms with Crippen molar-refractivity contribution < 1.29 is 39.6 Å². The minimum atomic E-state index is -1.22. The molecule has 0 aromatic heterocycles. The highest BCUT2D eigenvalue weighted by Gasteiger charge is 2.18.